The normalized spacial score (nSPS) is 31.3. The lowest BCUT2D eigenvalue weighted by molar-refractivity contribution is -0.0553. The number of nitrogens with two attached hydrogens (primary N) is 2. The minimum Gasteiger partial charge on any atom is -0.394 e. The molecule has 0 bridgehead atoms. The van der Waals surface area contributed by atoms with Gasteiger partial charge in [0.15, 0.2) is 47.4 Å². The van der Waals surface area contributed by atoms with E-state index in [9.17, 15) is 19.9 Å². The standard InChI is InChI=1S/C20H23F2N10O8PS/c21-8-6(1-33)38-19(32-5-28-11-16(32)29-20(24)30-17(11)35)13(8)40-41(36,42)37-2-7-12(34)9(22)18(39-7)31-4-27-10-14(23)25-3-26-15(10)31/h3-9,12-13,18-19,33-34H,1-2H2,(H,36,42)(H2,23,25,26)(H3,24,29,30,35)/t6-,7?,8-,9?,12-,13-,18-,19-,41?/m1/s1. The molecular weight excluding hydrogens is 609 g/mol. The predicted octanol–water partition coefficient (Wildman–Crippen LogP) is -1.43. The summed E-state index contributed by atoms with van der Waals surface area (Å²) in [6.07, 6.45) is -9.52. The number of imidazole rings is 2. The number of ether oxygens (including phenoxy) is 2. The first-order chi connectivity index (χ1) is 20.0. The van der Waals surface area contributed by atoms with E-state index >= 15 is 8.78 Å². The van der Waals surface area contributed by atoms with Crippen LogP contribution in [0.2, 0.25) is 0 Å². The minimum atomic E-state index is -4.34. The lowest BCUT2D eigenvalue weighted by Gasteiger charge is -2.26. The summed E-state index contributed by atoms with van der Waals surface area (Å²) < 4.78 is 54.7. The molecule has 6 heterocycles. The summed E-state index contributed by atoms with van der Waals surface area (Å²) >= 11 is 5.06. The summed E-state index contributed by atoms with van der Waals surface area (Å²) in [4.78, 5) is 45.1. The van der Waals surface area contributed by atoms with Crippen molar-refractivity contribution in [3.63, 3.8) is 0 Å². The molecule has 22 heteroatoms. The van der Waals surface area contributed by atoms with Crippen LogP contribution in [-0.2, 0) is 30.3 Å². The molecule has 6 rings (SSSR count). The molecule has 2 aliphatic rings. The van der Waals surface area contributed by atoms with Crippen LogP contribution in [0.5, 0.6) is 0 Å². The number of aromatic amines is 1. The van der Waals surface area contributed by atoms with Crippen molar-refractivity contribution in [1.82, 2.24) is 39.0 Å². The highest BCUT2D eigenvalue weighted by Crippen LogP contribution is 2.51. The molecule has 2 saturated heterocycles. The lowest BCUT2D eigenvalue weighted by Crippen LogP contribution is -2.33. The smallest absolute Gasteiger partial charge is 0.325 e. The monoisotopic (exact) mass is 632 g/mol. The molecule has 0 saturated carbocycles. The quantitative estimate of drug-likeness (QED) is 0.122. The zero-order valence-electron chi connectivity index (χ0n) is 21.0. The first kappa shape index (κ1) is 28.8. The van der Waals surface area contributed by atoms with E-state index in [2.05, 4.69) is 29.9 Å². The molecule has 9 atom stereocenters. The minimum absolute atomic E-state index is 0.0595. The third kappa shape index (κ3) is 4.91. The highest BCUT2D eigenvalue weighted by molar-refractivity contribution is 8.07. The number of nitrogens with one attached hydrogen (secondary N) is 1. The van der Waals surface area contributed by atoms with Gasteiger partial charge in [-0.25, -0.2) is 28.7 Å². The highest BCUT2D eigenvalue weighted by atomic mass is 32.5. The van der Waals surface area contributed by atoms with Crippen LogP contribution in [0.3, 0.4) is 0 Å². The zero-order chi connectivity index (χ0) is 29.9. The van der Waals surface area contributed by atoms with Crippen LogP contribution in [0.4, 0.5) is 20.5 Å². The van der Waals surface area contributed by atoms with Crippen LogP contribution >= 0.6 is 6.72 Å². The maximum atomic E-state index is 15.3. The fourth-order valence-corrected chi connectivity index (χ4v) is 6.19. The highest BCUT2D eigenvalue weighted by Gasteiger charge is 2.51. The second kappa shape index (κ2) is 10.8. The van der Waals surface area contributed by atoms with Gasteiger partial charge in [-0.2, -0.15) is 4.98 Å². The molecule has 0 radical (unpaired) electrons. The van der Waals surface area contributed by atoms with Gasteiger partial charge in [0, 0.05) is 0 Å². The van der Waals surface area contributed by atoms with E-state index < -0.39 is 74.7 Å². The van der Waals surface area contributed by atoms with E-state index in [1.165, 1.54) is 10.9 Å². The molecule has 8 N–H and O–H groups in total. The number of alkyl halides is 2. The second-order valence-electron chi connectivity index (χ2n) is 9.38. The van der Waals surface area contributed by atoms with Crippen molar-refractivity contribution in [3.05, 3.63) is 29.3 Å². The largest absolute Gasteiger partial charge is 0.394 e. The van der Waals surface area contributed by atoms with E-state index in [1.54, 1.807) is 0 Å². The molecule has 0 aromatic carbocycles. The van der Waals surface area contributed by atoms with Crippen LogP contribution < -0.4 is 17.0 Å². The van der Waals surface area contributed by atoms with E-state index in [0.29, 0.717) is 0 Å². The number of hydrogen-bond donors (Lipinski definition) is 6. The number of nitrogen functional groups attached to an aromatic ring is 2. The van der Waals surface area contributed by atoms with E-state index in [1.807, 2.05) is 0 Å². The van der Waals surface area contributed by atoms with E-state index in [4.69, 9.17) is 41.8 Å². The Morgan fingerprint density at radius 3 is 2.48 bits per heavy atom. The van der Waals surface area contributed by atoms with Gasteiger partial charge in [-0.15, -0.1) is 0 Å². The molecule has 42 heavy (non-hydrogen) atoms. The number of hydrogen-bond acceptors (Lipinski definition) is 15. The maximum absolute atomic E-state index is 15.3. The van der Waals surface area contributed by atoms with Gasteiger partial charge in [0.05, 0.1) is 25.9 Å². The Kier molecular flexibility index (Phi) is 7.40. The van der Waals surface area contributed by atoms with Crippen LogP contribution in [0.15, 0.2) is 23.8 Å². The summed E-state index contributed by atoms with van der Waals surface area (Å²) in [6.45, 7) is -5.77. The van der Waals surface area contributed by atoms with Crippen molar-refractivity contribution in [1.29, 1.82) is 0 Å². The Hall–Kier alpha value is -3.27. The van der Waals surface area contributed by atoms with Crippen molar-refractivity contribution in [3.8, 4) is 0 Å². The molecule has 0 aliphatic carbocycles. The average Bonchev–Trinajstić information content (AvgIpc) is 3.69. The molecule has 3 unspecified atom stereocenters. The van der Waals surface area contributed by atoms with Crippen molar-refractivity contribution in [2.75, 3.05) is 24.7 Å². The number of aliphatic hydroxyl groups excluding tert-OH is 2. The van der Waals surface area contributed by atoms with Gasteiger partial charge in [0.2, 0.25) is 5.95 Å². The van der Waals surface area contributed by atoms with Crippen LogP contribution in [0.1, 0.15) is 12.5 Å². The Bertz CT molecular complexity index is 1740. The number of rotatable bonds is 8. The maximum Gasteiger partial charge on any atom is 0.325 e. The molecule has 4 aromatic heterocycles. The third-order valence-electron chi connectivity index (χ3n) is 6.78. The van der Waals surface area contributed by atoms with Gasteiger partial charge in [-0.05, 0) is 11.8 Å². The molecule has 0 amide bonds. The molecule has 18 nitrogen and oxygen atoms in total. The number of nitrogens with zero attached hydrogens (tertiary/aromatic N) is 7. The second-order valence-corrected chi connectivity index (χ2v) is 12.2. The summed E-state index contributed by atoms with van der Waals surface area (Å²) in [5, 5.41) is 20.1. The van der Waals surface area contributed by atoms with Crippen molar-refractivity contribution >= 4 is 52.6 Å². The van der Waals surface area contributed by atoms with Crippen molar-refractivity contribution < 1.29 is 42.4 Å². The van der Waals surface area contributed by atoms with Gasteiger partial charge in [0.1, 0.15) is 36.3 Å². The van der Waals surface area contributed by atoms with Gasteiger partial charge in [0.25, 0.3) is 5.56 Å². The summed E-state index contributed by atoms with van der Waals surface area (Å²) in [5.41, 5.74) is 10.8. The van der Waals surface area contributed by atoms with E-state index in [-0.39, 0.29) is 34.1 Å². The number of halogens is 2. The molecule has 2 fully saturated rings. The summed E-state index contributed by atoms with van der Waals surface area (Å²) in [5.74, 6) is -0.195. The fourth-order valence-electron chi connectivity index (χ4n) is 4.78. The fraction of sp³-hybridized carbons (Fsp3) is 0.500. The Morgan fingerprint density at radius 2 is 1.74 bits per heavy atom. The number of H-pyrrole nitrogens is 1. The molecular formula is C20H23F2N10O8PS. The SMILES string of the molecule is Nc1nc2c(ncn2[C@@H]2O[C@H](CO)[C@@H](F)[C@H]2OP(O)(=S)OCC2O[C@@H](n3cnc4c(N)ncnc43)C(F)[C@@H]2O)c(=O)[nH]1. The van der Waals surface area contributed by atoms with Crippen LogP contribution in [0, 0.1) is 0 Å². The lowest BCUT2D eigenvalue weighted by atomic mass is 10.1. The van der Waals surface area contributed by atoms with Gasteiger partial charge in [-0.3, -0.25) is 23.4 Å². The molecule has 2 aliphatic heterocycles. The number of anilines is 2. The van der Waals surface area contributed by atoms with Gasteiger partial charge >= 0.3 is 6.72 Å². The Balaban J connectivity index is 1.19. The van der Waals surface area contributed by atoms with Crippen molar-refractivity contribution in [2.24, 2.45) is 0 Å². The van der Waals surface area contributed by atoms with Gasteiger partial charge in [-0.1, -0.05) is 0 Å². The topological polar surface area (TPSA) is 257 Å². The number of aliphatic hydroxyl groups is 2. The Labute approximate surface area is 237 Å². The first-order valence-corrected chi connectivity index (χ1v) is 14.8. The molecule has 226 valence electrons. The van der Waals surface area contributed by atoms with Crippen molar-refractivity contribution in [2.45, 2.75) is 49.2 Å². The summed E-state index contributed by atoms with van der Waals surface area (Å²) in [6, 6.07) is 0. The predicted molar refractivity (Wildman–Crippen MR) is 140 cm³/mol. The van der Waals surface area contributed by atoms with E-state index in [0.717, 1.165) is 17.2 Å². The first-order valence-electron chi connectivity index (χ1n) is 12.2. The average molecular weight is 633 g/mol. The molecule has 0 spiro atoms. The zero-order valence-corrected chi connectivity index (χ0v) is 22.8. The summed E-state index contributed by atoms with van der Waals surface area (Å²) in [7, 11) is 0. The van der Waals surface area contributed by atoms with Gasteiger partial charge < -0.3 is 40.6 Å². The molecule has 4 aromatic rings. The third-order valence-corrected chi connectivity index (χ3v) is 8.34. The number of aromatic nitrogens is 8. The van der Waals surface area contributed by atoms with Crippen LogP contribution in [-0.4, -0.2) is 104 Å². The number of fused-ring (bicyclic) bond motifs is 2. The van der Waals surface area contributed by atoms with Crippen LogP contribution in [0.25, 0.3) is 22.3 Å². The Morgan fingerprint density at radius 1 is 1.05 bits per heavy atom.